The molecule has 1 amide bonds. The van der Waals surface area contributed by atoms with Crippen LogP contribution in [0.5, 0.6) is 0 Å². The molecule has 5 nitrogen and oxygen atoms in total. The van der Waals surface area contributed by atoms with Crippen LogP contribution in [0.15, 0.2) is 18.2 Å². The van der Waals surface area contributed by atoms with Crippen LogP contribution in [0.4, 0.5) is 5.95 Å². The van der Waals surface area contributed by atoms with E-state index in [1.165, 1.54) is 0 Å². The summed E-state index contributed by atoms with van der Waals surface area (Å²) in [6.07, 6.45) is 3.58. The van der Waals surface area contributed by atoms with Crippen LogP contribution in [-0.4, -0.2) is 21.5 Å². The number of fused-ring (bicyclic) bond motifs is 1. The van der Waals surface area contributed by atoms with Gasteiger partial charge in [0.1, 0.15) is 0 Å². The lowest BCUT2D eigenvalue weighted by Crippen LogP contribution is -2.25. The normalized spacial score (nSPS) is 14.7. The van der Waals surface area contributed by atoms with Gasteiger partial charge in [0.2, 0.25) is 11.9 Å². The summed E-state index contributed by atoms with van der Waals surface area (Å²) in [6.45, 7) is 2.76. The number of nitrogen functional groups attached to an aromatic ring is 1. The van der Waals surface area contributed by atoms with Gasteiger partial charge in [0.25, 0.3) is 0 Å². The SMILES string of the molecule is Cc1cccc2c1nc(N)n2CCCC(=O)NC1CC1. The zero-order valence-electron chi connectivity index (χ0n) is 11.7. The number of anilines is 1. The molecule has 3 rings (SSSR count). The van der Waals surface area contributed by atoms with Crippen molar-refractivity contribution in [3.63, 3.8) is 0 Å². The molecule has 0 atom stereocenters. The Morgan fingerprint density at radius 3 is 3.05 bits per heavy atom. The maximum Gasteiger partial charge on any atom is 0.220 e. The second-order valence-electron chi connectivity index (χ2n) is 5.51. The first-order chi connectivity index (χ1) is 9.65. The average molecular weight is 272 g/mol. The average Bonchev–Trinajstić information content (AvgIpc) is 3.15. The van der Waals surface area contributed by atoms with Crippen molar-refractivity contribution in [2.75, 3.05) is 5.73 Å². The maximum absolute atomic E-state index is 11.7. The molecule has 20 heavy (non-hydrogen) atoms. The fourth-order valence-corrected chi connectivity index (χ4v) is 2.47. The van der Waals surface area contributed by atoms with Crippen molar-refractivity contribution in [1.82, 2.24) is 14.9 Å². The van der Waals surface area contributed by atoms with Gasteiger partial charge < -0.3 is 15.6 Å². The van der Waals surface area contributed by atoms with Crippen LogP contribution in [0.3, 0.4) is 0 Å². The van der Waals surface area contributed by atoms with Crippen molar-refractivity contribution >= 4 is 22.9 Å². The minimum absolute atomic E-state index is 0.145. The zero-order valence-corrected chi connectivity index (χ0v) is 11.7. The van der Waals surface area contributed by atoms with E-state index in [0.29, 0.717) is 18.4 Å². The highest BCUT2D eigenvalue weighted by Crippen LogP contribution is 2.22. The zero-order chi connectivity index (χ0) is 14.1. The van der Waals surface area contributed by atoms with Crippen molar-refractivity contribution in [3.05, 3.63) is 23.8 Å². The predicted molar refractivity (Wildman–Crippen MR) is 79.3 cm³/mol. The number of para-hydroxylation sites is 1. The summed E-state index contributed by atoms with van der Waals surface area (Å²) < 4.78 is 1.99. The first kappa shape index (κ1) is 13.0. The Labute approximate surface area is 118 Å². The summed E-state index contributed by atoms with van der Waals surface area (Å²) in [5.74, 6) is 0.670. The van der Waals surface area contributed by atoms with E-state index in [0.717, 1.165) is 42.4 Å². The van der Waals surface area contributed by atoms with Gasteiger partial charge in [0.05, 0.1) is 11.0 Å². The highest BCUT2D eigenvalue weighted by Gasteiger charge is 2.22. The van der Waals surface area contributed by atoms with Gasteiger partial charge in [-0.25, -0.2) is 4.98 Å². The highest BCUT2D eigenvalue weighted by atomic mass is 16.1. The molecule has 0 unspecified atom stereocenters. The van der Waals surface area contributed by atoms with Crippen LogP contribution in [0.2, 0.25) is 0 Å². The Hall–Kier alpha value is -2.04. The summed E-state index contributed by atoms with van der Waals surface area (Å²) in [4.78, 5) is 16.1. The third kappa shape index (κ3) is 2.61. The van der Waals surface area contributed by atoms with Crippen LogP contribution in [0.25, 0.3) is 11.0 Å². The number of nitrogens with two attached hydrogens (primary N) is 1. The summed E-state index contributed by atoms with van der Waals surface area (Å²) in [6, 6.07) is 6.50. The van der Waals surface area contributed by atoms with E-state index in [1.54, 1.807) is 0 Å². The monoisotopic (exact) mass is 272 g/mol. The second-order valence-corrected chi connectivity index (χ2v) is 5.51. The molecule has 106 valence electrons. The number of carbonyl (C=O) groups is 1. The topological polar surface area (TPSA) is 72.9 Å². The van der Waals surface area contributed by atoms with Crippen LogP contribution in [0.1, 0.15) is 31.2 Å². The molecule has 1 aromatic heterocycles. The molecule has 0 aliphatic heterocycles. The number of aryl methyl sites for hydroxylation is 2. The van der Waals surface area contributed by atoms with Crippen LogP contribution < -0.4 is 11.1 Å². The Kier molecular flexibility index (Phi) is 3.34. The maximum atomic E-state index is 11.7. The molecule has 1 aromatic carbocycles. The number of hydrogen-bond acceptors (Lipinski definition) is 3. The Balaban J connectivity index is 1.66. The third-order valence-electron chi connectivity index (χ3n) is 3.74. The summed E-state index contributed by atoms with van der Waals surface area (Å²) in [5.41, 5.74) is 9.10. The molecule has 1 saturated carbocycles. The summed E-state index contributed by atoms with van der Waals surface area (Å²) >= 11 is 0. The van der Waals surface area contributed by atoms with Crippen LogP contribution in [-0.2, 0) is 11.3 Å². The van der Waals surface area contributed by atoms with Crippen molar-refractivity contribution in [3.8, 4) is 0 Å². The van der Waals surface area contributed by atoms with Gasteiger partial charge >= 0.3 is 0 Å². The molecule has 2 aromatic rings. The lowest BCUT2D eigenvalue weighted by molar-refractivity contribution is -0.121. The van der Waals surface area contributed by atoms with Gasteiger partial charge in [-0.15, -0.1) is 0 Å². The van der Waals surface area contributed by atoms with Crippen molar-refractivity contribution < 1.29 is 4.79 Å². The molecule has 0 saturated heterocycles. The van der Waals surface area contributed by atoms with E-state index < -0.39 is 0 Å². The van der Waals surface area contributed by atoms with Gasteiger partial charge in [-0.05, 0) is 37.8 Å². The highest BCUT2D eigenvalue weighted by molar-refractivity contribution is 5.81. The quantitative estimate of drug-likeness (QED) is 0.874. The van der Waals surface area contributed by atoms with Gasteiger partial charge in [0, 0.05) is 19.0 Å². The van der Waals surface area contributed by atoms with E-state index >= 15 is 0 Å². The molecule has 1 fully saturated rings. The van der Waals surface area contributed by atoms with Crippen molar-refractivity contribution in [2.24, 2.45) is 0 Å². The number of hydrogen-bond donors (Lipinski definition) is 2. The van der Waals surface area contributed by atoms with E-state index in [4.69, 9.17) is 5.73 Å². The molecular formula is C15H20N4O. The number of imidazole rings is 1. The van der Waals surface area contributed by atoms with E-state index in [9.17, 15) is 4.79 Å². The van der Waals surface area contributed by atoms with Gasteiger partial charge in [0.15, 0.2) is 0 Å². The molecule has 0 spiro atoms. The number of aromatic nitrogens is 2. The minimum atomic E-state index is 0.145. The third-order valence-corrected chi connectivity index (χ3v) is 3.74. The lowest BCUT2D eigenvalue weighted by atomic mass is 10.2. The van der Waals surface area contributed by atoms with Gasteiger partial charge in [-0.3, -0.25) is 4.79 Å². The van der Waals surface area contributed by atoms with E-state index in [2.05, 4.69) is 10.3 Å². The smallest absolute Gasteiger partial charge is 0.220 e. The van der Waals surface area contributed by atoms with Crippen molar-refractivity contribution in [2.45, 2.75) is 45.2 Å². The van der Waals surface area contributed by atoms with E-state index in [-0.39, 0.29) is 5.91 Å². The molecule has 0 bridgehead atoms. The van der Waals surface area contributed by atoms with Crippen molar-refractivity contribution in [1.29, 1.82) is 0 Å². The van der Waals surface area contributed by atoms with Crippen LogP contribution in [0, 0.1) is 6.92 Å². The Bertz CT molecular complexity index is 643. The van der Waals surface area contributed by atoms with E-state index in [1.807, 2.05) is 29.7 Å². The molecule has 1 aliphatic carbocycles. The molecular weight excluding hydrogens is 252 g/mol. The molecule has 1 heterocycles. The molecule has 0 radical (unpaired) electrons. The minimum Gasteiger partial charge on any atom is -0.369 e. The number of rotatable bonds is 5. The number of nitrogens with zero attached hydrogens (tertiary/aromatic N) is 2. The lowest BCUT2D eigenvalue weighted by Gasteiger charge is -2.07. The fourth-order valence-electron chi connectivity index (χ4n) is 2.47. The molecule has 1 aliphatic rings. The number of benzene rings is 1. The number of carbonyl (C=O) groups excluding carboxylic acids is 1. The Morgan fingerprint density at radius 2 is 2.30 bits per heavy atom. The standard InChI is InChI=1S/C15H20N4O/c1-10-4-2-5-12-14(10)18-15(16)19(12)9-3-6-13(20)17-11-7-8-11/h2,4-5,11H,3,6-9H2,1H3,(H2,16,18)(H,17,20). The predicted octanol–water partition coefficient (Wildman–Crippen LogP) is 1.99. The van der Waals surface area contributed by atoms with Crippen LogP contribution >= 0.6 is 0 Å². The summed E-state index contributed by atoms with van der Waals surface area (Å²) in [7, 11) is 0. The first-order valence-corrected chi connectivity index (χ1v) is 7.16. The fraction of sp³-hybridized carbons (Fsp3) is 0.467. The molecule has 5 heteroatoms. The van der Waals surface area contributed by atoms with Gasteiger partial charge in [-0.1, -0.05) is 12.1 Å². The number of amides is 1. The summed E-state index contributed by atoms with van der Waals surface area (Å²) in [5, 5.41) is 3.00. The largest absolute Gasteiger partial charge is 0.369 e. The second kappa shape index (κ2) is 5.15. The number of nitrogens with one attached hydrogen (secondary N) is 1. The molecule has 3 N–H and O–H groups in total. The first-order valence-electron chi connectivity index (χ1n) is 7.16. The Morgan fingerprint density at radius 1 is 1.50 bits per heavy atom. The van der Waals surface area contributed by atoms with Gasteiger partial charge in [-0.2, -0.15) is 0 Å².